The standard InChI is InChI=1S/C17H18ClNO/c1-13-7-9-14(10-8-13)11-19(2)12-17(20)15-5-3-4-6-16(15)18/h3-10H,11-12H2,1-2H3. The Labute approximate surface area is 125 Å². The van der Waals surface area contributed by atoms with Crippen molar-refractivity contribution in [2.45, 2.75) is 13.5 Å². The normalized spacial score (nSPS) is 10.8. The number of ketones is 1. The van der Waals surface area contributed by atoms with Gasteiger partial charge in [0.25, 0.3) is 0 Å². The zero-order chi connectivity index (χ0) is 14.5. The first-order valence-corrected chi connectivity index (χ1v) is 6.96. The minimum Gasteiger partial charge on any atom is -0.295 e. The predicted octanol–water partition coefficient (Wildman–Crippen LogP) is 3.96. The lowest BCUT2D eigenvalue weighted by Crippen LogP contribution is -2.25. The maximum Gasteiger partial charge on any atom is 0.178 e. The van der Waals surface area contributed by atoms with Crippen LogP contribution in [0.2, 0.25) is 5.02 Å². The van der Waals surface area contributed by atoms with Crippen LogP contribution in [0.1, 0.15) is 21.5 Å². The second kappa shape index (κ2) is 6.69. The van der Waals surface area contributed by atoms with Gasteiger partial charge in [0, 0.05) is 12.1 Å². The SMILES string of the molecule is Cc1ccc(CN(C)CC(=O)c2ccccc2Cl)cc1. The predicted molar refractivity (Wildman–Crippen MR) is 83.3 cm³/mol. The van der Waals surface area contributed by atoms with E-state index in [1.807, 2.05) is 24.1 Å². The summed E-state index contributed by atoms with van der Waals surface area (Å²) in [6.07, 6.45) is 0. The van der Waals surface area contributed by atoms with E-state index in [4.69, 9.17) is 11.6 Å². The molecule has 0 unspecified atom stereocenters. The monoisotopic (exact) mass is 287 g/mol. The van der Waals surface area contributed by atoms with E-state index in [0.717, 1.165) is 6.54 Å². The summed E-state index contributed by atoms with van der Waals surface area (Å²) in [5, 5.41) is 0.515. The van der Waals surface area contributed by atoms with Gasteiger partial charge in [-0.3, -0.25) is 9.69 Å². The summed E-state index contributed by atoms with van der Waals surface area (Å²) in [6, 6.07) is 15.5. The molecule has 0 aliphatic heterocycles. The second-order valence-electron chi connectivity index (χ2n) is 5.06. The fraction of sp³-hybridized carbons (Fsp3) is 0.235. The molecule has 2 nitrogen and oxygen atoms in total. The molecule has 20 heavy (non-hydrogen) atoms. The van der Waals surface area contributed by atoms with Crippen molar-refractivity contribution in [3.05, 3.63) is 70.2 Å². The van der Waals surface area contributed by atoms with Crippen molar-refractivity contribution in [2.75, 3.05) is 13.6 Å². The molecule has 2 aromatic carbocycles. The van der Waals surface area contributed by atoms with Crippen LogP contribution in [0.15, 0.2) is 48.5 Å². The van der Waals surface area contributed by atoms with Crippen molar-refractivity contribution >= 4 is 17.4 Å². The fourth-order valence-corrected chi connectivity index (χ4v) is 2.32. The lowest BCUT2D eigenvalue weighted by Gasteiger charge is -2.16. The van der Waals surface area contributed by atoms with Gasteiger partial charge in [0.15, 0.2) is 5.78 Å². The first-order chi connectivity index (χ1) is 9.56. The summed E-state index contributed by atoms with van der Waals surface area (Å²) >= 11 is 6.04. The van der Waals surface area contributed by atoms with Crippen LogP contribution in [0, 0.1) is 6.92 Å². The average molecular weight is 288 g/mol. The van der Waals surface area contributed by atoms with E-state index in [-0.39, 0.29) is 5.78 Å². The topological polar surface area (TPSA) is 20.3 Å². The number of hydrogen-bond acceptors (Lipinski definition) is 2. The van der Waals surface area contributed by atoms with Gasteiger partial charge in [-0.05, 0) is 31.7 Å². The number of likely N-dealkylation sites (N-methyl/N-ethyl adjacent to an activating group) is 1. The number of nitrogens with zero attached hydrogens (tertiary/aromatic N) is 1. The van der Waals surface area contributed by atoms with E-state index >= 15 is 0 Å². The molecule has 2 aromatic rings. The Kier molecular flexibility index (Phi) is 4.94. The van der Waals surface area contributed by atoms with Gasteiger partial charge in [-0.2, -0.15) is 0 Å². The molecule has 0 radical (unpaired) electrons. The molecule has 0 bridgehead atoms. The lowest BCUT2D eigenvalue weighted by atomic mass is 10.1. The maximum atomic E-state index is 12.2. The van der Waals surface area contributed by atoms with Gasteiger partial charge < -0.3 is 0 Å². The van der Waals surface area contributed by atoms with Gasteiger partial charge in [0.1, 0.15) is 0 Å². The van der Waals surface area contributed by atoms with Crippen molar-refractivity contribution in [1.82, 2.24) is 4.90 Å². The summed E-state index contributed by atoms with van der Waals surface area (Å²) in [4.78, 5) is 14.2. The lowest BCUT2D eigenvalue weighted by molar-refractivity contribution is 0.0943. The maximum absolute atomic E-state index is 12.2. The average Bonchev–Trinajstić information content (AvgIpc) is 2.41. The molecular formula is C17H18ClNO. The molecule has 0 saturated carbocycles. The van der Waals surface area contributed by atoms with Crippen molar-refractivity contribution in [3.63, 3.8) is 0 Å². The van der Waals surface area contributed by atoms with Crippen LogP contribution in [-0.2, 0) is 6.54 Å². The minimum atomic E-state index is 0.0465. The molecule has 0 N–H and O–H groups in total. The second-order valence-corrected chi connectivity index (χ2v) is 5.47. The highest BCUT2D eigenvalue weighted by Crippen LogP contribution is 2.16. The Hall–Kier alpha value is -1.64. The summed E-state index contributed by atoms with van der Waals surface area (Å²) in [7, 11) is 1.94. The summed E-state index contributed by atoms with van der Waals surface area (Å²) < 4.78 is 0. The van der Waals surface area contributed by atoms with Crippen LogP contribution < -0.4 is 0 Å². The first kappa shape index (κ1) is 14.8. The molecule has 2 rings (SSSR count). The van der Waals surface area contributed by atoms with Crippen molar-refractivity contribution in [3.8, 4) is 0 Å². The number of carbonyl (C=O) groups excluding carboxylic acids is 1. The molecule has 0 aromatic heterocycles. The Balaban J connectivity index is 1.98. The molecule has 0 amide bonds. The van der Waals surface area contributed by atoms with Gasteiger partial charge in [-0.1, -0.05) is 53.6 Å². The number of aryl methyl sites for hydroxylation is 1. The van der Waals surface area contributed by atoms with E-state index in [0.29, 0.717) is 17.1 Å². The van der Waals surface area contributed by atoms with Crippen LogP contribution in [0.4, 0.5) is 0 Å². The number of halogens is 1. The molecule has 104 valence electrons. The number of carbonyl (C=O) groups is 1. The van der Waals surface area contributed by atoms with Crippen LogP contribution >= 0.6 is 11.6 Å². The zero-order valence-corrected chi connectivity index (χ0v) is 12.5. The molecule has 0 aliphatic carbocycles. The molecule has 0 atom stereocenters. The van der Waals surface area contributed by atoms with E-state index in [1.54, 1.807) is 12.1 Å². The highest BCUT2D eigenvalue weighted by molar-refractivity contribution is 6.34. The molecule has 0 heterocycles. The highest BCUT2D eigenvalue weighted by Gasteiger charge is 2.12. The van der Waals surface area contributed by atoms with Gasteiger partial charge in [-0.25, -0.2) is 0 Å². The van der Waals surface area contributed by atoms with E-state index in [1.165, 1.54) is 11.1 Å². The third kappa shape index (κ3) is 3.92. The van der Waals surface area contributed by atoms with Gasteiger partial charge in [0.05, 0.1) is 11.6 Å². The van der Waals surface area contributed by atoms with Crippen LogP contribution in [0.5, 0.6) is 0 Å². The molecule has 0 saturated heterocycles. The molecule has 3 heteroatoms. The molecule has 0 aliphatic rings. The van der Waals surface area contributed by atoms with Gasteiger partial charge in [-0.15, -0.1) is 0 Å². The molecular weight excluding hydrogens is 270 g/mol. The Morgan fingerprint density at radius 1 is 1.10 bits per heavy atom. The van der Waals surface area contributed by atoms with Gasteiger partial charge in [0.2, 0.25) is 0 Å². The smallest absolute Gasteiger partial charge is 0.178 e. The number of Topliss-reactive ketones (excluding diaryl/α,β-unsaturated/α-hetero) is 1. The summed E-state index contributed by atoms with van der Waals surface area (Å²) in [5.41, 5.74) is 3.03. The number of hydrogen-bond donors (Lipinski definition) is 0. The molecule has 0 fully saturated rings. The third-order valence-corrected chi connectivity index (χ3v) is 3.49. The van der Waals surface area contributed by atoms with Crippen molar-refractivity contribution in [1.29, 1.82) is 0 Å². The quantitative estimate of drug-likeness (QED) is 0.776. The largest absolute Gasteiger partial charge is 0.295 e. The fourth-order valence-electron chi connectivity index (χ4n) is 2.08. The Morgan fingerprint density at radius 3 is 2.40 bits per heavy atom. The number of rotatable bonds is 5. The Morgan fingerprint density at radius 2 is 1.75 bits per heavy atom. The zero-order valence-electron chi connectivity index (χ0n) is 11.8. The van der Waals surface area contributed by atoms with Crippen molar-refractivity contribution in [2.24, 2.45) is 0 Å². The van der Waals surface area contributed by atoms with E-state index in [9.17, 15) is 4.79 Å². The highest BCUT2D eigenvalue weighted by atomic mass is 35.5. The summed E-state index contributed by atoms with van der Waals surface area (Å²) in [5.74, 6) is 0.0465. The third-order valence-electron chi connectivity index (χ3n) is 3.16. The molecule has 0 spiro atoms. The van der Waals surface area contributed by atoms with E-state index in [2.05, 4.69) is 31.2 Å². The summed E-state index contributed by atoms with van der Waals surface area (Å²) in [6.45, 7) is 3.17. The van der Waals surface area contributed by atoms with Gasteiger partial charge >= 0.3 is 0 Å². The number of benzene rings is 2. The van der Waals surface area contributed by atoms with E-state index < -0.39 is 0 Å². The Bertz CT molecular complexity index is 592. The van der Waals surface area contributed by atoms with Crippen LogP contribution in [0.3, 0.4) is 0 Å². The minimum absolute atomic E-state index is 0.0465. The van der Waals surface area contributed by atoms with Crippen molar-refractivity contribution < 1.29 is 4.79 Å². The van der Waals surface area contributed by atoms with Crippen LogP contribution in [-0.4, -0.2) is 24.3 Å². The first-order valence-electron chi connectivity index (χ1n) is 6.58. The van der Waals surface area contributed by atoms with Crippen LogP contribution in [0.25, 0.3) is 0 Å².